The molecule has 0 saturated heterocycles. The molecule has 2 rings (SSSR count). The summed E-state index contributed by atoms with van der Waals surface area (Å²) in [6, 6.07) is 10.9. The van der Waals surface area contributed by atoms with Gasteiger partial charge >= 0.3 is 5.97 Å². The summed E-state index contributed by atoms with van der Waals surface area (Å²) in [6.07, 6.45) is 5.94. The van der Waals surface area contributed by atoms with Gasteiger partial charge in [-0.25, -0.2) is 0 Å². The van der Waals surface area contributed by atoms with Gasteiger partial charge in [0.15, 0.2) is 0 Å². The number of carboxylic acid groups (broad SMARTS) is 1. The van der Waals surface area contributed by atoms with Crippen LogP contribution >= 0.6 is 0 Å². The van der Waals surface area contributed by atoms with Crippen LogP contribution in [0, 0.1) is 0 Å². The predicted octanol–water partition coefficient (Wildman–Crippen LogP) is 4.52. The van der Waals surface area contributed by atoms with Crippen LogP contribution in [-0.2, 0) is 4.79 Å². The van der Waals surface area contributed by atoms with Crippen molar-refractivity contribution in [3.8, 4) is 5.75 Å². The lowest BCUT2D eigenvalue weighted by atomic mass is 10.2. The Morgan fingerprint density at radius 2 is 1.61 bits per heavy atom. The molecule has 0 spiro atoms. The fraction of sp³-hybridized carbons (Fsp3) is 0.294. The molecule has 0 atom stereocenters. The number of carbonyl (C=O) groups is 1. The van der Waals surface area contributed by atoms with Gasteiger partial charge in [0.2, 0.25) is 0 Å². The van der Waals surface area contributed by atoms with E-state index < -0.39 is 5.97 Å². The summed E-state index contributed by atoms with van der Waals surface area (Å²) < 4.78 is 5.60. The summed E-state index contributed by atoms with van der Waals surface area (Å²) in [4.78, 5) is 14.3. The van der Waals surface area contributed by atoms with E-state index in [1.54, 1.807) is 24.5 Å². The van der Waals surface area contributed by atoms with Crippen molar-refractivity contribution in [3.63, 3.8) is 0 Å². The van der Waals surface area contributed by atoms with E-state index >= 15 is 0 Å². The second-order valence-corrected chi connectivity index (χ2v) is 4.95. The molecule has 23 heavy (non-hydrogen) atoms. The molecular weight excluding hydrogens is 294 g/mol. The molecule has 0 aliphatic heterocycles. The fourth-order valence-corrected chi connectivity index (χ4v) is 1.88. The van der Waals surface area contributed by atoms with Crippen LogP contribution in [-0.4, -0.2) is 22.7 Å². The van der Waals surface area contributed by atoms with E-state index in [-0.39, 0.29) is 6.42 Å². The van der Waals surface area contributed by atoms with Gasteiger partial charge < -0.3 is 9.84 Å². The third kappa shape index (κ3) is 6.69. The largest absolute Gasteiger partial charge is 0.494 e. The number of aromatic nitrogens is 1. The minimum absolute atomic E-state index is 0.219. The maximum absolute atomic E-state index is 10.4. The summed E-state index contributed by atoms with van der Waals surface area (Å²) in [5.41, 5.74) is 1.50. The van der Waals surface area contributed by atoms with Crippen molar-refractivity contribution in [2.75, 3.05) is 6.61 Å². The molecule has 0 amide bonds. The zero-order valence-corrected chi connectivity index (χ0v) is 12.8. The lowest BCUT2D eigenvalue weighted by Crippen LogP contribution is -1.98. The Labute approximate surface area is 134 Å². The zero-order valence-electron chi connectivity index (χ0n) is 12.8. The summed E-state index contributed by atoms with van der Waals surface area (Å²) in [7, 11) is 0. The fourth-order valence-electron chi connectivity index (χ4n) is 1.88. The van der Waals surface area contributed by atoms with Crippen molar-refractivity contribution in [2.45, 2.75) is 25.7 Å². The summed E-state index contributed by atoms with van der Waals surface area (Å²) >= 11 is 0. The quantitative estimate of drug-likeness (QED) is 0.545. The maximum Gasteiger partial charge on any atom is 0.303 e. The Morgan fingerprint density at radius 3 is 2.26 bits per heavy atom. The highest BCUT2D eigenvalue weighted by Crippen LogP contribution is 2.21. The molecule has 0 radical (unpaired) electrons. The van der Waals surface area contributed by atoms with E-state index in [2.05, 4.69) is 15.2 Å². The molecule has 1 heterocycles. The highest BCUT2D eigenvalue weighted by molar-refractivity contribution is 5.66. The van der Waals surface area contributed by atoms with Crippen LogP contribution in [0.4, 0.5) is 11.4 Å². The van der Waals surface area contributed by atoms with Crippen LogP contribution in [0.1, 0.15) is 25.7 Å². The molecule has 0 bridgehead atoms. The van der Waals surface area contributed by atoms with E-state index in [1.807, 2.05) is 24.3 Å². The van der Waals surface area contributed by atoms with Crippen LogP contribution < -0.4 is 4.74 Å². The van der Waals surface area contributed by atoms with Crippen LogP contribution in [0.3, 0.4) is 0 Å². The van der Waals surface area contributed by atoms with E-state index in [0.29, 0.717) is 13.0 Å². The minimum Gasteiger partial charge on any atom is -0.494 e. The van der Waals surface area contributed by atoms with Gasteiger partial charge in [-0.3, -0.25) is 9.78 Å². The number of nitrogens with zero attached hydrogens (tertiary/aromatic N) is 3. The number of unbranched alkanes of at least 4 members (excludes halogenated alkanes) is 2. The molecule has 1 aromatic heterocycles. The van der Waals surface area contributed by atoms with Gasteiger partial charge in [-0.15, -0.1) is 0 Å². The summed E-state index contributed by atoms with van der Waals surface area (Å²) in [5, 5.41) is 16.8. The van der Waals surface area contributed by atoms with Crippen molar-refractivity contribution in [1.29, 1.82) is 0 Å². The molecule has 0 fully saturated rings. The first-order chi connectivity index (χ1) is 11.2. The molecule has 0 aliphatic carbocycles. The SMILES string of the molecule is O=C(O)CCCCCOc1ccc(N=Nc2ccncc2)cc1. The van der Waals surface area contributed by atoms with Crippen LogP contribution in [0.15, 0.2) is 59.0 Å². The van der Waals surface area contributed by atoms with E-state index in [9.17, 15) is 4.79 Å². The normalized spacial score (nSPS) is 10.8. The number of hydrogen-bond acceptors (Lipinski definition) is 5. The topological polar surface area (TPSA) is 84.1 Å². The first-order valence-corrected chi connectivity index (χ1v) is 7.50. The Balaban J connectivity index is 1.72. The third-order valence-corrected chi connectivity index (χ3v) is 3.08. The number of rotatable bonds is 9. The molecular formula is C17H19N3O3. The molecule has 1 aromatic carbocycles. The average molecular weight is 313 g/mol. The predicted molar refractivity (Wildman–Crippen MR) is 86.5 cm³/mol. The molecule has 0 unspecified atom stereocenters. The average Bonchev–Trinajstić information content (AvgIpc) is 2.58. The standard InChI is InChI=1S/C17H19N3O3/c21-17(22)4-2-1-3-13-23-16-7-5-14(6-8-16)19-20-15-9-11-18-12-10-15/h5-12H,1-4,13H2,(H,21,22). The number of benzene rings is 1. The van der Waals surface area contributed by atoms with Gasteiger partial charge in [-0.05, 0) is 55.7 Å². The summed E-state index contributed by atoms with van der Waals surface area (Å²) in [5.74, 6) is 0.0218. The maximum atomic E-state index is 10.4. The Morgan fingerprint density at radius 1 is 0.957 bits per heavy atom. The van der Waals surface area contributed by atoms with Gasteiger partial charge in [0.1, 0.15) is 5.75 Å². The highest BCUT2D eigenvalue weighted by atomic mass is 16.5. The zero-order chi connectivity index (χ0) is 16.3. The first-order valence-electron chi connectivity index (χ1n) is 7.50. The van der Waals surface area contributed by atoms with Gasteiger partial charge in [-0.1, -0.05) is 0 Å². The first kappa shape index (κ1) is 16.6. The molecule has 2 aromatic rings. The van der Waals surface area contributed by atoms with Crippen LogP contribution in [0.5, 0.6) is 5.75 Å². The highest BCUT2D eigenvalue weighted by Gasteiger charge is 1.98. The van der Waals surface area contributed by atoms with Gasteiger partial charge in [0.25, 0.3) is 0 Å². The molecule has 0 saturated carbocycles. The lowest BCUT2D eigenvalue weighted by Gasteiger charge is -2.05. The number of hydrogen-bond donors (Lipinski definition) is 1. The molecule has 6 nitrogen and oxygen atoms in total. The number of carboxylic acids is 1. The smallest absolute Gasteiger partial charge is 0.303 e. The summed E-state index contributed by atoms with van der Waals surface area (Å²) in [6.45, 7) is 0.581. The van der Waals surface area contributed by atoms with Crippen molar-refractivity contribution in [2.24, 2.45) is 10.2 Å². The molecule has 0 aliphatic rings. The van der Waals surface area contributed by atoms with Crippen molar-refractivity contribution >= 4 is 17.3 Å². The Kier molecular flexibility index (Phi) is 6.71. The van der Waals surface area contributed by atoms with Crippen molar-refractivity contribution in [3.05, 3.63) is 48.8 Å². The molecule has 1 N–H and O–H groups in total. The van der Waals surface area contributed by atoms with E-state index in [4.69, 9.17) is 9.84 Å². The third-order valence-electron chi connectivity index (χ3n) is 3.08. The Bertz CT molecular complexity index is 627. The molecule has 6 heteroatoms. The van der Waals surface area contributed by atoms with Gasteiger partial charge in [0, 0.05) is 18.8 Å². The number of azo groups is 1. The van der Waals surface area contributed by atoms with Crippen LogP contribution in [0.25, 0.3) is 0 Å². The second-order valence-electron chi connectivity index (χ2n) is 4.95. The minimum atomic E-state index is -0.748. The van der Waals surface area contributed by atoms with Crippen molar-refractivity contribution in [1.82, 2.24) is 4.98 Å². The Hall–Kier alpha value is -2.76. The van der Waals surface area contributed by atoms with Crippen molar-refractivity contribution < 1.29 is 14.6 Å². The van der Waals surface area contributed by atoms with E-state index in [1.165, 1.54) is 0 Å². The van der Waals surface area contributed by atoms with Gasteiger partial charge in [0.05, 0.1) is 18.0 Å². The lowest BCUT2D eigenvalue weighted by molar-refractivity contribution is -0.137. The number of aliphatic carboxylic acids is 1. The van der Waals surface area contributed by atoms with Crippen LogP contribution in [0.2, 0.25) is 0 Å². The van der Waals surface area contributed by atoms with Gasteiger partial charge in [-0.2, -0.15) is 10.2 Å². The second kappa shape index (κ2) is 9.30. The molecule has 120 valence electrons. The number of ether oxygens (including phenoxy) is 1. The number of pyridine rings is 1. The monoisotopic (exact) mass is 313 g/mol. The van der Waals surface area contributed by atoms with E-state index in [0.717, 1.165) is 30.0 Å².